The molecule has 104 valence electrons. The van der Waals surface area contributed by atoms with Crippen molar-refractivity contribution in [2.24, 2.45) is 16.9 Å². The first-order valence-corrected chi connectivity index (χ1v) is 6.80. The fraction of sp³-hybridized carbons (Fsp3) is 0.533. The molecule has 19 heavy (non-hydrogen) atoms. The zero-order valence-corrected chi connectivity index (χ0v) is 11.1. The van der Waals surface area contributed by atoms with Crippen LogP contribution in [0.1, 0.15) is 50.1 Å². The minimum Gasteiger partial charge on any atom is -0.370 e. The van der Waals surface area contributed by atoms with Gasteiger partial charge in [0.1, 0.15) is 5.82 Å². The molecule has 1 amide bonds. The van der Waals surface area contributed by atoms with E-state index in [1.54, 1.807) is 12.1 Å². The molecule has 1 atom stereocenters. The monoisotopic (exact) mass is 264 g/mol. The number of hydrogen-bond donors (Lipinski definition) is 2. The molecule has 4 heteroatoms. The summed E-state index contributed by atoms with van der Waals surface area (Å²) in [4.78, 5) is 11.3. The molecule has 3 nitrogen and oxygen atoms in total. The van der Waals surface area contributed by atoms with Crippen molar-refractivity contribution in [3.05, 3.63) is 35.6 Å². The standard InChI is InChI=1S/C15H21FN2O/c16-12-5-3-11(4-6-12)13(17)9-15(10-14(18)19)7-1-2-8-15/h3-6,13H,1-2,7-10,17H2,(H2,18,19). The molecule has 1 aliphatic rings. The van der Waals surface area contributed by atoms with Crippen molar-refractivity contribution in [2.75, 3.05) is 0 Å². The van der Waals surface area contributed by atoms with E-state index in [1.165, 1.54) is 12.1 Å². The Bertz CT molecular complexity index is 438. The second kappa shape index (κ2) is 5.70. The SMILES string of the molecule is NC(=O)CC1(CC(N)c2ccc(F)cc2)CCCC1. The van der Waals surface area contributed by atoms with Gasteiger partial charge < -0.3 is 11.5 Å². The van der Waals surface area contributed by atoms with Crippen molar-refractivity contribution < 1.29 is 9.18 Å². The highest BCUT2D eigenvalue weighted by Gasteiger charge is 2.36. The Balaban J connectivity index is 2.08. The van der Waals surface area contributed by atoms with Crippen LogP contribution in [0.15, 0.2) is 24.3 Å². The second-order valence-corrected chi connectivity index (χ2v) is 5.71. The lowest BCUT2D eigenvalue weighted by molar-refractivity contribution is -0.120. The van der Waals surface area contributed by atoms with Gasteiger partial charge >= 0.3 is 0 Å². The Morgan fingerprint density at radius 2 is 1.84 bits per heavy atom. The molecule has 2 rings (SSSR count). The van der Waals surface area contributed by atoms with E-state index in [4.69, 9.17) is 11.5 Å². The van der Waals surface area contributed by atoms with E-state index >= 15 is 0 Å². The highest BCUT2D eigenvalue weighted by Crippen LogP contribution is 2.46. The van der Waals surface area contributed by atoms with Gasteiger partial charge in [-0.1, -0.05) is 25.0 Å². The summed E-state index contributed by atoms with van der Waals surface area (Å²) >= 11 is 0. The summed E-state index contributed by atoms with van der Waals surface area (Å²) < 4.78 is 12.9. The number of carbonyl (C=O) groups is 1. The Hall–Kier alpha value is -1.42. The predicted molar refractivity (Wildman–Crippen MR) is 72.7 cm³/mol. The van der Waals surface area contributed by atoms with Gasteiger partial charge in [-0.2, -0.15) is 0 Å². The quantitative estimate of drug-likeness (QED) is 0.858. The normalized spacial score (nSPS) is 19.3. The van der Waals surface area contributed by atoms with Crippen molar-refractivity contribution in [2.45, 2.75) is 44.6 Å². The van der Waals surface area contributed by atoms with Crippen LogP contribution in [0.2, 0.25) is 0 Å². The first kappa shape index (κ1) is 14.0. The fourth-order valence-corrected chi connectivity index (χ4v) is 3.24. The van der Waals surface area contributed by atoms with E-state index in [-0.39, 0.29) is 23.2 Å². The van der Waals surface area contributed by atoms with Crippen LogP contribution in [-0.2, 0) is 4.79 Å². The lowest BCUT2D eigenvalue weighted by Gasteiger charge is -2.30. The number of carbonyl (C=O) groups excluding carboxylic acids is 1. The van der Waals surface area contributed by atoms with Crippen LogP contribution in [0.3, 0.4) is 0 Å². The molecule has 0 aliphatic heterocycles. The molecule has 0 radical (unpaired) electrons. The first-order chi connectivity index (χ1) is 9.01. The van der Waals surface area contributed by atoms with Crippen LogP contribution in [0.25, 0.3) is 0 Å². The number of halogens is 1. The minimum absolute atomic E-state index is 0.0559. The summed E-state index contributed by atoms with van der Waals surface area (Å²) in [5, 5.41) is 0. The van der Waals surface area contributed by atoms with E-state index in [2.05, 4.69) is 0 Å². The molecule has 1 unspecified atom stereocenters. The molecular weight excluding hydrogens is 243 g/mol. The van der Waals surface area contributed by atoms with Gasteiger partial charge in [0.25, 0.3) is 0 Å². The molecule has 0 heterocycles. The summed E-state index contributed by atoms with van der Waals surface area (Å²) in [7, 11) is 0. The molecule has 0 aromatic heterocycles. The maximum absolute atomic E-state index is 12.9. The van der Waals surface area contributed by atoms with Crippen LogP contribution in [-0.4, -0.2) is 5.91 Å². The number of primary amides is 1. The number of nitrogens with two attached hydrogens (primary N) is 2. The van der Waals surface area contributed by atoms with Crippen LogP contribution >= 0.6 is 0 Å². The molecule has 0 bridgehead atoms. The van der Waals surface area contributed by atoms with Crippen molar-refractivity contribution in [3.63, 3.8) is 0 Å². The maximum Gasteiger partial charge on any atom is 0.217 e. The van der Waals surface area contributed by atoms with E-state index < -0.39 is 0 Å². The largest absolute Gasteiger partial charge is 0.370 e. The second-order valence-electron chi connectivity index (χ2n) is 5.71. The average Bonchev–Trinajstić information content (AvgIpc) is 2.77. The predicted octanol–water partition coefficient (Wildman–Crippen LogP) is 2.65. The zero-order valence-electron chi connectivity index (χ0n) is 11.1. The lowest BCUT2D eigenvalue weighted by atomic mass is 9.76. The van der Waals surface area contributed by atoms with Crippen LogP contribution in [0.4, 0.5) is 4.39 Å². The molecule has 4 N–H and O–H groups in total. The molecule has 1 aromatic rings. The van der Waals surface area contributed by atoms with Crippen molar-refractivity contribution in [3.8, 4) is 0 Å². The Morgan fingerprint density at radius 3 is 2.37 bits per heavy atom. The Kier molecular flexibility index (Phi) is 4.20. The van der Waals surface area contributed by atoms with Gasteiger partial charge in [-0.05, 0) is 42.4 Å². The molecule has 0 spiro atoms. The summed E-state index contributed by atoms with van der Waals surface area (Å²) in [6, 6.07) is 6.10. The number of rotatable bonds is 5. The van der Waals surface area contributed by atoms with Crippen molar-refractivity contribution in [1.29, 1.82) is 0 Å². The number of benzene rings is 1. The molecular formula is C15H21FN2O. The Labute approximate surface area is 113 Å². The summed E-state index contributed by atoms with van der Waals surface area (Å²) in [5.41, 5.74) is 12.4. The van der Waals surface area contributed by atoms with E-state index in [9.17, 15) is 9.18 Å². The molecule has 1 aromatic carbocycles. The van der Waals surface area contributed by atoms with Gasteiger partial charge in [0.2, 0.25) is 5.91 Å². The number of amides is 1. The van der Waals surface area contributed by atoms with Gasteiger partial charge in [-0.3, -0.25) is 4.79 Å². The van der Waals surface area contributed by atoms with Gasteiger partial charge in [-0.15, -0.1) is 0 Å². The van der Waals surface area contributed by atoms with Gasteiger partial charge in [0.05, 0.1) is 0 Å². The Morgan fingerprint density at radius 1 is 1.26 bits per heavy atom. The van der Waals surface area contributed by atoms with Gasteiger partial charge in [0.15, 0.2) is 0 Å². The maximum atomic E-state index is 12.9. The van der Waals surface area contributed by atoms with Crippen LogP contribution < -0.4 is 11.5 Å². The molecule has 1 aliphatic carbocycles. The van der Waals surface area contributed by atoms with E-state index in [0.29, 0.717) is 6.42 Å². The smallest absolute Gasteiger partial charge is 0.217 e. The fourth-order valence-electron chi connectivity index (χ4n) is 3.24. The third kappa shape index (κ3) is 3.53. The summed E-state index contributed by atoms with van der Waals surface area (Å²) in [6.45, 7) is 0. The van der Waals surface area contributed by atoms with E-state index in [1.807, 2.05) is 0 Å². The van der Waals surface area contributed by atoms with Crippen molar-refractivity contribution >= 4 is 5.91 Å². The van der Waals surface area contributed by atoms with E-state index in [0.717, 1.165) is 37.7 Å². The third-order valence-corrected chi connectivity index (χ3v) is 4.16. The molecule has 1 fully saturated rings. The average molecular weight is 264 g/mol. The zero-order chi connectivity index (χ0) is 13.9. The highest BCUT2D eigenvalue weighted by molar-refractivity contribution is 5.74. The van der Waals surface area contributed by atoms with Gasteiger partial charge in [-0.25, -0.2) is 4.39 Å². The first-order valence-electron chi connectivity index (χ1n) is 6.80. The number of hydrogen-bond acceptors (Lipinski definition) is 2. The van der Waals surface area contributed by atoms with Crippen LogP contribution in [0, 0.1) is 11.2 Å². The minimum atomic E-state index is -0.260. The highest BCUT2D eigenvalue weighted by atomic mass is 19.1. The van der Waals surface area contributed by atoms with Gasteiger partial charge in [0, 0.05) is 12.5 Å². The lowest BCUT2D eigenvalue weighted by Crippen LogP contribution is -2.29. The summed E-state index contributed by atoms with van der Waals surface area (Å²) in [5.74, 6) is -0.517. The third-order valence-electron chi connectivity index (χ3n) is 4.16. The summed E-state index contributed by atoms with van der Waals surface area (Å²) in [6.07, 6.45) is 5.41. The molecule has 0 saturated heterocycles. The van der Waals surface area contributed by atoms with Crippen LogP contribution in [0.5, 0.6) is 0 Å². The topological polar surface area (TPSA) is 69.1 Å². The molecule has 1 saturated carbocycles. The van der Waals surface area contributed by atoms with Crippen molar-refractivity contribution in [1.82, 2.24) is 0 Å².